The number of hydrogen-bond acceptors (Lipinski definition) is 8. The summed E-state index contributed by atoms with van der Waals surface area (Å²) >= 11 is 0. The second kappa shape index (κ2) is 8.27. The van der Waals surface area contributed by atoms with E-state index < -0.39 is 39.3 Å². The van der Waals surface area contributed by atoms with E-state index in [1.807, 2.05) is 0 Å². The zero-order valence-electron chi connectivity index (χ0n) is 18.5. The Bertz CT molecular complexity index is 1460. The monoisotopic (exact) mass is 476 g/mol. The minimum atomic E-state index is -3.89. The highest BCUT2D eigenvalue weighted by Crippen LogP contribution is 2.36. The highest BCUT2D eigenvalue weighted by Gasteiger charge is 2.41. The van der Waals surface area contributed by atoms with Gasteiger partial charge in [0.2, 0.25) is 10.0 Å². The number of carbonyl (C=O) groups excluding carboxylic acids is 1. The minimum absolute atomic E-state index is 0.0287. The van der Waals surface area contributed by atoms with Gasteiger partial charge in [0.25, 0.3) is 5.56 Å². The van der Waals surface area contributed by atoms with Crippen molar-refractivity contribution in [1.29, 1.82) is 0 Å². The van der Waals surface area contributed by atoms with E-state index in [0.29, 0.717) is 5.69 Å². The number of nitrogens with zero attached hydrogens (tertiary/aromatic N) is 3. The molecule has 0 amide bonds. The lowest BCUT2D eigenvalue weighted by molar-refractivity contribution is -0.143. The number of hydrogen-bond donors (Lipinski definition) is 1. The maximum atomic E-state index is 13.3. The molecule has 1 N–H and O–H groups in total. The van der Waals surface area contributed by atoms with E-state index in [-0.39, 0.29) is 34.7 Å². The van der Waals surface area contributed by atoms with Crippen molar-refractivity contribution in [3.8, 4) is 0 Å². The Morgan fingerprint density at radius 1 is 1.24 bits per heavy atom. The zero-order chi connectivity index (χ0) is 24.0. The molecule has 2 aromatic heterocycles. The van der Waals surface area contributed by atoms with Gasteiger partial charge in [0.05, 0.1) is 34.6 Å². The van der Waals surface area contributed by atoms with Crippen LogP contribution in [0.2, 0.25) is 0 Å². The number of fused-ring (bicyclic) bond motifs is 1. The predicted molar refractivity (Wildman–Crippen MR) is 117 cm³/mol. The van der Waals surface area contributed by atoms with Gasteiger partial charge in [-0.15, -0.1) is 0 Å². The molecular formula is C21H24N4O7S. The topological polar surface area (TPSA) is 142 Å². The van der Waals surface area contributed by atoms with Gasteiger partial charge in [-0.05, 0) is 51.8 Å². The summed E-state index contributed by atoms with van der Waals surface area (Å²) in [5, 5.41) is 3.73. The molecule has 0 atom stereocenters. The van der Waals surface area contributed by atoms with Crippen LogP contribution in [0.4, 0.5) is 0 Å². The second-order valence-corrected chi connectivity index (χ2v) is 10.0. The summed E-state index contributed by atoms with van der Waals surface area (Å²) in [6.45, 7) is 4.58. The molecule has 176 valence electrons. The molecule has 0 spiro atoms. The Labute approximate surface area is 189 Å². The minimum Gasteiger partial charge on any atom is -0.465 e. The molecule has 12 heteroatoms. The van der Waals surface area contributed by atoms with Gasteiger partial charge in [0, 0.05) is 11.6 Å². The molecule has 0 unspecified atom stereocenters. The van der Waals surface area contributed by atoms with E-state index in [4.69, 9.17) is 9.26 Å². The first-order valence-corrected chi connectivity index (χ1v) is 11.9. The first kappa shape index (κ1) is 22.9. The SMILES string of the molecule is CCOC(=O)Cn1c(=O)n(Cc2cc(C)no2)c(=O)c2cc(S(=O)(=O)NC3(C)CC3)ccc21. The largest absolute Gasteiger partial charge is 0.465 e. The van der Waals surface area contributed by atoms with Crippen LogP contribution in [0.5, 0.6) is 0 Å². The quantitative estimate of drug-likeness (QED) is 0.473. The number of ether oxygens (including phenoxy) is 1. The summed E-state index contributed by atoms with van der Waals surface area (Å²) in [7, 11) is -3.89. The normalized spacial score (nSPS) is 15.0. The van der Waals surface area contributed by atoms with Crippen LogP contribution in [0.1, 0.15) is 38.1 Å². The third-order valence-electron chi connectivity index (χ3n) is 5.47. The van der Waals surface area contributed by atoms with Crippen molar-refractivity contribution in [3.63, 3.8) is 0 Å². The number of nitrogens with one attached hydrogen (secondary N) is 1. The number of benzene rings is 1. The van der Waals surface area contributed by atoms with E-state index in [2.05, 4.69) is 9.88 Å². The maximum absolute atomic E-state index is 13.3. The highest BCUT2D eigenvalue weighted by atomic mass is 32.2. The highest BCUT2D eigenvalue weighted by molar-refractivity contribution is 7.89. The maximum Gasteiger partial charge on any atom is 0.332 e. The fourth-order valence-corrected chi connectivity index (χ4v) is 5.01. The van der Waals surface area contributed by atoms with Crippen molar-refractivity contribution in [2.45, 2.75) is 57.1 Å². The lowest BCUT2D eigenvalue weighted by Crippen LogP contribution is -2.41. The van der Waals surface area contributed by atoms with Crippen LogP contribution in [0.25, 0.3) is 10.9 Å². The average molecular weight is 477 g/mol. The summed E-state index contributed by atoms with van der Waals surface area (Å²) < 4.78 is 40.4. The lowest BCUT2D eigenvalue weighted by Gasteiger charge is -2.15. The number of sulfonamides is 1. The number of rotatable bonds is 8. The first-order valence-electron chi connectivity index (χ1n) is 10.4. The lowest BCUT2D eigenvalue weighted by atomic mass is 10.2. The van der Waals surface area contributed by atoms with Crippen molar-refractivity contribution < 1.29 is 22.5 Å². The summed E-state index contributed by atoms with van der Waals surface area (Å²) in [4.78, 5) is 38.5. The molecule has 0 saturated heterocycles. The molecule has 1 aromatic carbocycles. The van der Waals surface area contributed by atoms with Gasteiger partial charge in [0.1, 0.15) is 6.54 Å². The van der Waals surface area contributed by atoms with Crippen molar-refractivity contribution in [1.82, 2.24) is 19.0 Å². The van der Waals surface area contributed by atoms with E-state index >= 15 is 0 Å². The Balaban J connectivity index is 1.89. The molecule has 3 aromatic rings. The van der Waals surface area contributed by atoms with Crippen LogP contribution in [-0.4, -0.2) is 40.8 Å². The first-order chi connectivity index (χ1) is 15.5. The summed E-state index contributed by atoms with van der Waals surface area (Å²) in [5.74, 6) is -0.400. The number of aryl methyl sites for hydroxylation is 1. The molecule has 33 heavy (non-hydrogen) atoms. The Hall–Kier alpha value is -3.25. The standard InChI is InChI=1S/C21H24N4O7S/c1-4-31-18(26)12-24-17-6-5-15(33(29,30)23-21(3)7-8-21)10-16(17)19(27)25(20(24)28)11-14-9-13(2)22-32-14/h5-6,9-10,23H,4,7-8,11-12H2,1-3H3. The summed E-state index contributed by atoms with van der Waals surface area (Å²) in [6.07, 6.45) is 1.45. The third kappa shape index (κ3) is 4.62. The summed E-state index contributed by atoms with van der Waals surface area (Å²) in [5.41, 5.74) is -1.27. The van der Waals surface area contributed by atoms with Crippen molar-refractivity contribution >= 4 is 26.9 Å². The molecule has 0 radical (unpaired) electrons. The molecule has 4 rings (SSSR count). The van der Waals surface area contributed by atoms with Gasteiger partial charge in [-0.2, -0.15) is 0 Å². The molecule has 11 nitrogen and oxygen atoms in total. The van der Waals surface area contributed by atoms with Crippen LogP contribution >= 0.6 is 0 Å². The Morgan fingerprint density at radius 2 is 1.97 bits per heavy atom. The average Bonchev–Trinajstić information content (AvgIpc) is 3.32. The zero-order valence-corrected chi connectivity index (χ0v) is 19.3. The van der Waals surface area contributed by atoms with Gasteiger partial charge in [-0.25, -0.2) is 17.9 Å². The molecule has 0 bridgehead atoms. The number of aromatic nitrogens is 3. The van der Waals surface area contributed by atoms with Crippen molar-refractivity contribution in [2.75, 3.05) is 6.61 Å². The van der Waals surface area contributed by atoms with Crippen LogP contribution < -0.4 is 16.0 Å². The molecule has 1 saturated carbocycles. The van der Waals surface area contributed by atoms with Crippen LogP contribution in [-0.2, 0) is 32.6 Å². The van der Waals surface area contributed by atoms with Gasteiger partial charge < -0.3 is 9.26 Å². The Morgan fingerprint density at radius 3 is 2.58 bits per heavy atom. The van der Waals surface area contributed by atoms with Gasteiger partial charge >= 0.3 is 11.7 Å². The van der Waals surface area contributed by atoms with Crippen molar-refractivity contribution in [2.24, 2.45) is 0 Å². The molecule has 1 aliphatic rings. The fourth-order valence-electron chi connectivity index (χ4n) is 3.52. The fraction of sp³-hybridized carbons (Fsp3) is 0.429. The van der Waals surface area contributed by atoms with E-state index in [0.717, 1.165) is 22.0 Å². The van der Waals surface area contributed by atoms with E-state index in [1.165, 1.54) is 18.2 Å². The molecule has 1 aliphatic carbocycles. The summed E-state index contributed by atoms with van der Waals surface area (Å²) in [6, 6.07) is 5.45. The molecular weight excluding hydrogens is 452 g/mol. The molecule has 2 heterocycles. The van der Waals surface area contributed by atoms with Crippen molar-refractivity contribution in [3.05, 3.63) is 56.6 Å². The number of carbonyl (C=O) groups is 1. The van der Waals surface area contributed by atoms with Gasteiger partial charge in [0.15, 0.2) is 5.76 Å². The third-order valence-corrected chi connectivity index (χ3v) is 7.11. The smallest absolute Gasteiger partial charge is 0.332 e. The van der Waals surface area contributed by atoms with Gasteiger partial charge in [-0.1, -0.05) is 5.16 Å². The van der Waals surface area contributed by atoms with Gasteiger partial charge in [-0.3, -0.25) is 18.7 Å². The number of esters is 1. The second-order valence-electron chi connectivity index (χ2n) is 8.34. The van der Waals surface area contributed by atoms with Crippen LogP contribution in [0.15, 0.2) is 43.3 Å². The van der Waals surface area contributed by atoms with E-state index in [1.54, 1.807) is 26.8 Å². The predicted octanol–water partition coefficient (Wildman–Crippen LogP) is 0.902. The molecule has 1 fully saturated rings. The van der Waals surface area contributed by atoms with Crippen LogP contribution in [0, 0.1) is 6.92 Å². The van der Waals surface area contributed by atoms with Crippen LogP contribution in [0.3, 0.4) is 0 Å². The Kier molecular flexibility index (Phi) is 5.74. The van der Waals surface area contributed by atoms with E-state index in [9.17, 15) is 22.8 Å². The molecule has 0 aliphatic heterocycles.